The lowest BCUT2D eigenvalue weighted by molar-refractivity contribution is -0.192. The van der Waals surface area contributed by atoms with Gasteiger partial charge in [0.05, 0.1) is 55.1 Å². The van der Waals surface area contributed by atoms with Crippen molar-refractivity contribution in [2.24, 2.45) is 13.0 Å². The number of alkyl halides is 3. The molecule has 48 heavy (non-hydrogen) atoms. The Kier molecular flexibility index (Phi) is 9.57. The molecule has 0 saturated carbocycles. The fraction of sp³-hybridized carbons (Fsp3) is 0.250. The SMILES string of the molecule is O=C(O)C(F)(F)F.[2H]c1cc(Cl)cc(-c2cc(=O)n(C3CCCC(C)C(=O)Nc4cnn(C)c4-c4ccnc3c4)cn2)c1-c1ccnnc1. The number of amides is 1. The van der Waals surface area contributed by atoms with Gasteiger partial charge in [-0.05, 0) is 48.7 Å². The number of nitrogens with zero attached hydrogens (tertiary/aromatic N) is 7. The van der Waals surface area contributed by atoms with Gasteiger partial charge in [0, 0.05) is 46.9 Å². The number of benzene rings is 1. The first-order chi connectivity index (χ1) is 23.2. The van der Waals surface area contributed by atoms with E-state index in [0.29, 0.717) is 58.1 Å². The van der Waals surface area contributed by atoms with Crippen LogP contribution in [-0.4, -0.2) is 57.7 Å². The summed E-state index contributed by atoms with van der Waals surface area (Å²) < 4.78 is 43.6. The number of aromatic nitrogens is 7. The summed E-state index contributed by atoms with van der Waals surface area (Å²) in [4.78, 5) is 44.9. The van der Waals surface area contributed by atoms with Crippen molar-refractivity contribution in [1.82, 2.24) is 34.5 Å². The summed E-state index contributed by atoms with van der Waals surface area (Å²) in [5.74, 6) is -3.06. The number of aliphatic carboxylic acids is 1. The van der Waals surface area contributed by atoms with Crippen molar-refractivity contribution < 1.29 is 29.2 Å². The first-order valence-corrected chi connectivity index (χ1v) is 14.9. The summed E-state index contributed by atoms with van der Waals surface area (Å²) in [6, 6.07) is 10.0. The molecule has 0 radical (unpaired) electrons. The molecule has 0 fully saturated rings. The maximum absolute atomic E-state index is 13.7. The average Bonchev–Trinajstić information content (AvgIpc) is 3.42. The topological polar surface area (TPSA) is 158 Å². The second-order valence-corrected chi connectivity index (χ2v) is 11.3. The monoisotopic (exact) mass is 681 g/mol. The Morgan fingerprint density at radius 1 is 1.04 bits per heavy atom. The summed E-state index contributed by atoms with van der Waals surface area (Å²) in [6.45, 7) is 1.90. The summed E-state index contributed by atoms with van der Waals surface area (Å²) in [6.07, 6.45) is 4.79. The summed E-state index contributed by atoms with van der Waals surface area (Å²) in [5, 5.41) is 22.6. The molecule has 2 unspecified atom stereocenters. The number of carbonyl (C=O) groups excluding carboxylic acids is 1. The number of carboxylic acids is 1. The van der Waals surface area contributed by atoms with E-state index < -0.39 is 18.2 Å². The number of anilines is 1. The zero-order chi connectivity index (χ0) is 35.5. The molecule has 1 aliphatic rings. The highest BCUT2D eigenvalue weighted by molar-refractivity contribution is 6.31. The lowest BCUT2D eigenvalue weighted by Crippen LogP contribution is -2.27. The van der Waals surface area contributed by atoms with Gasteiger partial charge in [0.1, 0.15) is 0 Å². The first kappa shape index (κ1) is 32.5. The molecule has 2 atom stereocenters. The number of aryl methyl sites for hydroxylation is 1. The van der Waals surface area contributed by atoms with Gasteiger partial charge in [-0.3, -0.25) is 23.8 Å². The van der Waals surface area contributed by atoms with Crippen LogP contribution in [0.5, 0.6) is 0 Å². The predicted molar refractivity (Wildman–Crippen MR) is 170 cm³/mol. The fourth-order valence-corrected chi connectivity index (χ4v) is 5.39. The minimum Gasteiger partial charge on any atom is -0.475 e. The van der Waals surface area contributed by atoms with Crippen molar-refractivity contribution in [3.63, 3.8) is 0 Å². The number of halogens is 4. The van der Waals surface area contributed by atoms with Gasteiger partial charge in [-0.1, -0.05) is 31.0 Å². The van der Waals surface area contributed by atoms with Crippen LogP contribution in [0.4, 0.5) is 18.9 Å². The number of carboxylic acid groups (broad SMARTS) is 1. The summed E-state index contributed by atoms with van der Waals surface area (Å²) in [5.41, 5.74) is 4.79. The third kappa shape index (κ3) is 7.57. The van der Waals surface area contributed by atoms with Crippen molar-refractivity contribution in [2.45, 2.75) is 38.4 Å². The maximum Gasteiger partial charge on any atom is 0.490 e. The van der Waals surface area contributed by atoms with Crippen molar-refractivity contribution in [3.8, 4) is 33.6 Å². The van der Waals surface area contributed by atoms with Crippen LogP contribution in [0.1, 0.15) is 39.3 Å². The number of carbonyl (C=O) groups is 2. The standard InChI is InChI=1S/C30H27ClN8O2.C2HF3O2/c1-18-4-3-5-27(25-12-19(8-10-32-25)29-26(37-30(18)41)16-36-38(29)2)39-17-33-24(14-28(39)40)23-13-21(31)6-7-22(23)20-9-11-34-35-15-20;3-2(4,5)1(6)7/h6-18,27H,3-5H2,1-2H3,(H,37,41);(H,6,7)/i7D;. The number of fused-ring (bicyclic) bond motifs is 4. The van der Waals surface area contributed by atoms with Crippen LogP contribution in [-0.2, 0) is 16.6 Å². The maximum atomic E-state index is 13.7. The molecule has 12 nitrogen and oxygen atoms in total. The fourth-order valence-electron chi connectivity index (χ4n) is 5.22. The van der Waals surface area contributed by atoms with Crippen LogP contribution in [0.15, 0.2) is 78.3 Å². The Bertz CT molecular complexity index is 2070. The van der Waals surface area contributed by atoms with E-state index in [1.165, 1.54) is 12.4 Å². The molecule has 5 heterocycles. The zero-order valence-electron chi connectivity index (χ0n) is 26.4. The Labute approximate surface area is 277 Å². The largest absolute Gasteiger partial charge is 0.490 e. The molecule has 16 heteroatoms. The van der Waals surface area contributed by atoms with E-state index in [9.17, 15) is 22.8 Å². The van der Waals surface area contributed by atoms with Crippen LogP contribution >= 0.6 is 11.6 Å². The number of nitrogens with one attached hydrogen (secondary N) is 1. The molecule has 4 aromatic heterocycles. The lowest BCUT2D eigenvalue weighted by Gasteiger charge is -2.22. The van der Waals surface area contributed by atoms with Gasteiger partial charge in [-0.15, -0.1) is 0 Å². The molecule has 5 aromatic rings. The molecule has 0 saturated heterocycles. The third-order valence-electron chi connectivity index (χ3n) is 7.62. The first-order valence-electron chi connectivity index (χ1n) is 15.0. The molecule has 1 amide bonds. The van der Waals surface area contributed by atoms with Gasteiger partial charge in [0.25, 0.3) is 5.56 Å². The van der Waals surface area contributed by atoms with Crippen LogP contribution in [0.3, 0.4) is 0 Å². The minimum atomic E-state index is -5.08. The number of hydrogen-bond acceptors (Lipinski definition) is 8. The Morgan fingerprint density at radius 2 is 1.79 bits per heavy atom. The Balaban J connectivity index is 0.000000606. The number of pyridine rings is 1. The molecule has 2 N–H and O–H groups in total. The zero-order valence-corrected chi connectivity index (χ0v) is 26.2. The molecular formula is C32H28ClF3N8O4. The van der Waals surface area contributed by atoms with E-state index in [4.69, 9.17) is 22.9 Å². The van der Waals surface area contributed by atoms with E-state index in [2.05, 4.69) is 30.6 Å². The summed E-state index contributed by atoms with van der Waals surface area (Å²) >= 11 is 6.34. The van der Waals surface area contributed by atoms with Gasteiger partial charge in [-0.2, -0.15) is 28.5 Å². The molecule has 248 valence electrons. The van der Waals surface area contributed by atoms with Crippen molar-refractivity contribution >= 4 is 29.2 Å². The molecule has 6 rings (SSSR count). The van der Waals surface area contributed by atoms with E-state index in [1.54, 1.807) is 52.2 Å². The van der Waals surface area contributed by atoms with Gasteiger partial charge < -0.3 is 10.4 Å². The lowest BCUT2D eigenvalue weighted by atomic mass is 9.96. The van der Waals surface area contributed by atoms with Gasteiger partial charge in [-0.25, -0.2) is 9.78 Å². The normalized spacial score (nSPS) is 16.6. The average molecular weight is 682 g/mol. The highest BCUT2D eigenvalue weighted by atomic mass is 35.5. The van der Waals surface area contributed by atoms with Crippen LogP contribution in [0.2, 0.25) is 5.02 Å². The predicted octanol–water partition coefficient (Wildman–Crippen LogP) is 5.80. The van der Waals surface area contributed by atoms with E-state index in [-0.39, 0.29) is 23.4 Å². The third-order valence-corrected chi connectivity index (χ3v) is 7.84. The summed E-state index contributed by atoms with van der Waals surface area (Å²) in [7, 11) is 1.82. The Morgan fingerprint density at radius 3 is 2.48 bits per heavy atom. The molecule has 2 bridgehead atoms. The van der Waals surface area contributed by atoms with E-state index in [0.717, 1.165) is 11.3 Å². The van der Waals surface area contributed by atoms with Crippen LogP contribution in [0.25, 0.3) is 33.6 Å². The molecular weight excluding hydrogens is 653 g/mol. The molecule has 0 spiro atoms. The van der Waals surface area contributed by atoms with Crippen molar-refractivity contribution in [2.75, 3.05) is 5.32 Å². The highest BCUT2D eigenvalue weighted by Gasteiger charge is 2.38. The molecule has 0 aliphatic carbocycles. The highest BCUT2D eigenvalue weighted by Crippen LogP contribution is 2.34. The van der Waals surface area contributed by atoms with Gasteiger partial charge in [0.2, 0.25) is 5.91 Å². The van der Waals surface area contributed by atoms with E-state index in [1.807, 2.05) is 26.1 Å². The quantitative estimate of drug-likeness (QED) is 0.240. The van der Waals surface area contributed by atoms with Gasteiger partial charge in [0.15, 0.2) is 0 Å². The molecule has 1 aliphatic heterocycles. The van der Waals surface area contributed by atoms with Crippen molar-refractivity contribution in [1.29, 1.82) is 0 Å². The Hall–Kier alpha value is -5.44. The van der Waals surface area contributed by atoms with Crippen LogP contribution in [0, 0.1) is 5.92 Å². The van der Waals surface area contributed by atoms with Crippen LogP contribution < -0.4 is 10.9 Å². The number of rotatable bonds is 3. The van der Waals surface area contributed by atoms with E-state index >= 15 is 0 Å². The minimum absolute atomic E-state index is 0.0747. The van der Waals surface area contributed by atoms with Gasteiger partial charge >= 0.3 is 12.1 Å². The second-order valence-electron chi connectivity index (χ2n) is 10.9. The van der Waals surface area contributed by atoms with Crippen molar-refractivity contribution in [3.05, 3.63) is 94.6 Å². The number of hydrogen-bond donors (Lipinski definition) is 2. The molecule has 1 aromatic carbocycles. The smallest absolute Gasteiger partial charge is 0.475 e. The second kappa shape index (κ2) is 14.1.